The fourth-order valence-electron chi connectivity index (χ4n) is 5.82. The third-order valence-corrected chi connectivity index (χ3v) is 8.74. The van der Waals surface area contributed by atoms with Crippen LogP contribution < -0.4 is 11.5 Å². The summed E-state index contributed by atoms with van der Waals surface area (Å²) < 4.78 is 4.06. The quantitative estimate of drug-likeness (QED) is 0.0865. The highest BCUT2D eigenvalue weighted by Gasteiger charge is 2.24. The number of nitrogen functional groups attached to an aromatic ring is 2. The van der Waals surface area contributed by atoms with Gasteiger partial charge in [0.15, 0.2) is 34.6 Å². The van der Waals surface area contributed by atoms with E-state index in [0.717, 1.165) is 55.4 Å². The van der Waals surface area contributed by atoms with Gasteiger partial charge in [0.2, 0.25) is 0 Å². The summed E-state index contributed by atoms with van der Waals surface area (Å²) in [6.07, 6.45) is 2.26. The van der Waals surface area contributed by atoms with E-state index in [1.54, 1.807) is 0 Å². The minimum absolute atomic E-state index is 0.0404. The smallest absolute Gasteiger partial charge is 0.336 e. The summed E-state index contributed by atoms with van der Waals surface area (Å²) in [7, 11) is 0. The molecule has 0 saturated carbocycles. The van der Waals surface area contributed by atoms with Gasteiger partial charge >= 0.3 is 29.9 Å². The number of nitrogens with two attached hydrogens (primary N) is 2. The number of rotatable bonds is 12. The van der Waals surface area contributed by atoms with E-state index in [9.17, 15) is 55.2 Å². The molecule has 0 saturated heterocycles. The number of carboxylic acid groups (broad SMARTS) is 4. The van der Waals surface area contributed by atoms with Gasteiger partial charge in [0.05, 0.1) is 57.4 Å². The summed E-state index contributed by atoms with van der Waals surface area (Å²) in [6, 6.07) is 9.65. The molecule has 0 aliphatic carbocycles. The monoisotopic (exact) mass is 853 g/mol. The second kappa shape index (κ2) is 15.8. The number of nitrogens with zero attached hydrogens (tertiary/aromatic N) is 17. The molecule has 7 aromatic rings. The molecule has 0 aliphatic rings. The Balaban J connectivity index is 1.22. The van der Waals surface area contributed by atoms with Gasteiger partial charge < -0.3 is 37.0 Å². The lowest BCUT2D eigenvalue weighted by atomic mass is 10.1. The predicted octanol–water partition coefficient (Wildman–Crippen LogP) is 3.47. The van der Waals surface area contributed by atoms with Gasteiger partial charge in [-0.25, -0.2) is 28.5 Å². The van der Waals surface area contributed by atoms with Crippen molar-refractivity contribution in [2.75, 3.05) is 11.5 Å². The molecule has 63 heavy (non-hydrogen) atoms. The van der Waals surface area contributed by atoms with Crippen molar-refractivity contribution >= 4 is 58.5 Å². The number of nitriles is 2. The Morgan fingerprint density at radius 2 is 0.968 bits per heavy atom. The first-order valence-electron chi connectivity index (χ1n) is 17.2. The van der Waals surface area contributed by atoms with Gasteiger partial charge in [-0.05, 0) is 50.2 Å². The average molecular weight is 854 g/mol. The van der Waals surface area contributed by atoms with Crippen molar-refractivity contribution in [3.63, 3.8) is 0 Å². The lowest BCUT2D eigenvalue weighted by molar-refractivity contribution is 0.0651. The minimum atomic E-state index is -1.52. The summed E-state index contributed by atoms with van der Waals surface area (Å²) >= 11 is 0. The first kappa shape index (κ1) is 40.9. The van der Waals surface area contributed by atoms with Gasteiger partial charge in [-0.1, -0.05) is 0 Å². The molecule has 7 rings (SSSR count). The first-order valence-corrected chi connectivity index (χ1v) is 17.2. The Bertz CT molecular complexity index is 3040. The summed E-state index contributed by atoms with van der Waals surface area (Å²) in [6.45, 7) is 2.97. The number of carbonyl (C=O) groups is 4. The zero-order valence-electron chi connectivity index (χ0n) is 31.7. The van der Waals surface area contributed by atoms with Crippen molar-refractivity contribution in [3.8, 4) is 41.4 Å². The van der Waals surface area contributed by atoms with Crippen LogP contribution in [0, 0.1) is 36.5 Å². The number of aromatic hydroxyl groups is 1. The third-order valence-electron chi connectivity index (χ3n) is 8.74. The Morgan fingerprint density at radius 1 is 0.587 bits per heavy atom. The summed E-state index contributed by atoms with van der Waals surface area (Å²) in [5.74, 6) is -7.55. The van der Waals surface area contributed by atoms with Crippen LogP contribution in [-0.2, 0) is 0 Å². The molecule has 0 aliphatic heterocycles. The maximum Gasteiger partial charge on any atom is 0.336 e. The zero-order chi connectivity index (χ0) is 45.4. The topological polar surface area (TPSA) is 428 Å². The van der Waals surface area contributed by atoms with Crippen LogP contribution in [0.15, 0.2) is 69.2 Å². The second-order valence-electron chi connectivity index (χ2n) is 12.6. The number of hydrogen-bond acceptors (Lipinski definition) is 20. The van der Waals surface area contributed by atoms with Crippen LogP contribution in [0.5, 0.6) is 6.01 Å². The number of hydrogen-bond donors (Lipinski definition) is 7. The fraction of sp³-hybridized carbons (Fsp3) is 0.0571. The van der Waals surface area contributed by atoms with E-state index in [2.05, 4.69) is 55.8 Å². The molecular formula is C35H23N19O9. The fourth-order valence-corrected chi connectivity index (χ4v) is 5.82. The molecule has 0 atom stereocenters. The summed E-state index contributed by atoms with van der Waals surface area (Å²) in [5, 5.41) is 101. The first-order chi connectivity index (χ1) is 30.0. The van der Waals surface area contributed by atoms with E-state index in [0.29, 0.717) is 0 Å². The van der Waals surface area contributed by atoms with E-state index in [1.165, 1.54) is 26.0 Å². The van der Waals surface area contributed by atoms with Crippen molar-refractivity contribution < 1.29 is 44.7 Å². The van der Waals surface area contributed by atoms with Crippen LogP contribution in [0.1, 0.15) is 63.9 Å². The zero-order valence-corrected chi connectivity index (χ0v) is 31.7. The molecule has 28 heteroatoms. The molecule has 0 radical (unpaired) electrons. The maximum absolute atomic E-state index is 11.8. The molecule has 0 spiro atoms. The van der Waals surface area contributed by atoms with Gasteiger partial charge in [0, 0.05) is 0 Å². The third kappa shape index (κ3) is 7.38. The number of aryl methyl sites for hydroxylation is 2. The van der Waals surface area contributed by atoms with E-state index >= 15 is 0 Å². The number of carboxylic acids is 4. The van der Waals surface area contributed by atoms with Gasteiger partial charge in [-0.3, -0.25) is 0 Å². The van der Waals surface area contributed by atoms with Crippen LogP contribution in [0.4, 0.5) is 34.6 Å². The van der Waals surface area contributed by atoms with E-state index in [-0.39, 0.29) is 80.4 Å². The Hall–Kier alpha value is -10.3. The van der Waals surface area contributed by atoms with E-state index in [4.69, 9.17) is 11.5 Å². The Labute approximate surface area is 348 Å². The number of azo groups is 2. The maximum atomic E-state index is 11.8. The van der Waals surface area contributed by atoms with Crippen molar-refractivity contribution in [2.24, 2.45) is 20.5 Å². The van der Waals surface area contributed by atoms with Gasteiger partial charge in [-0.15, -0.1) is 20.5 Å². The largest absolute Gasteiger partial charge is 0.479 e. The van der Waals surface area contributed by atoms with Crippen molar-refractivity contribution in [1.82, 2.24) is 54.1 Å². The Morgan fingerprint density at radius 3 is 1.32 bits per heavy atom. The molecule has 0 amide bonds. The average Bonchev–Trinajstić information content (AvgIpc) is 4.00. The van der Waals surface area contributed by atoms with E-state index in [1.807, 2.05) is 12.1 Å². The van der Waals surface area contributed by atoms with Gasteiger partial charge in [0.1, 0.15) is 23.3 Å². The number of aromatic nitrogens is 11. The van der Waals surface area contributed by atoms with Crippen molar-refractivity contribution in [1.29, 1.82) is 10.5 Å². The number of aromatic carboxylic acids is 4. The van der Waals surface area contributed by atoms with Gasteiger partial charge in [-0.2, -0.15) is 55.2 Å². The molecular weight excluding hydrogens is 831 g/mol. The van der Waals surface area contributed by atoms with Crippen molar-refractivity contribution in [3.05, 3.63) is 93.6 Å². The predicted molar refractivity (Wildman–Crippen MR) is 207 cm³/mol. The molecule has 2 aromatic carbocycles. The Kier molecular flexibility index (Phi) is 10.3. The van der Waals surface area contributed by atoms with Crippen molar-refractivity contribution in [2.45, 2.75) is 13.8 Å². The summed E-state index contributed by atoms with van der Waals surface area (Å²) in [4.78, 5) is 58.8. The molecule has 0 unspecified atom stereocenters. The SMILES string of the molecule is Cc1nn(-c2nc(O)nc(-n3nc(C)c(N=Nc4c(C#N)cnn4-c4ccc(C(=O)O)c(C(=O)O)c4)c3N)n2)c(N)c1N=Nc1c(C#N)cnn1-c1ccc(C(=O)O)c(C(=O)O)c1. The van der Waals surface area contributed by atoms with Crippen LogP contribution in [0.2, 0.25) is 0 Å². The highest BCUT2D eigenvalue weighted by Crippen LogP contribution is 2.34. The standard InChI is InChI=1S/C35H23N19O9/c1-13-23(45-47-27-15(9-36)11-40-51(27)17-3-5-19(29(55)56)21(7-17)31(59)60)25(38)53(49-13)33-42-34(44-35(63)43-33)54-26(39)24(14(2)50-54)46-48-28-16(10-37)12-41-52(28)18-4-6-20(30(57)58)22(8-18)32(61)62/h3-8,11-12H,38-39H2,1-2H3,(H,55,56)(H,57,58)(H,59,60)(H,61,62)(H,42,43,44,63). The van der Waals surface area contributed by atoms with Crippen LogP contribution in [-0.4, -0.2) is 103 Å². The molecule has 0 bridgehead atoms. The lowest BCUT2D eigenvalue weighted by Gasteiger charge is -2.08. The lowest BCUT2D eigenvalue weighted by Crippen LogP contribution is -2.13. The molecule has 312 valence electrons. The van der Waals surface area contributed by atoms with Gasteiger partial charge in [0.25, 0.3) is 11.9 Å². The minimum Gasteiger partial charge on any atom is -0.479 e. The molecule has 5 aromatic heterocycles. The van der Waals surface area contributed by atoms with E-state index < -0.39 is 52.1 Å². The highest BCUT2D eigenvalue weighted by molar-refractivity contribution is 6.03. The van der Waals surface area contributed by atoms with Crippen LogP contribution >= 0.6 is 0 Å². The molecule has 28 nitrogen and oxygen atoms in total. The number of benzene rings is 2. The normalized spacial score (nSPS) is 11.2. The highest BCUT2D eigenvalue weighted by atomic mass is 16.4. The summed E-state index contributed by atoms with van der Waals surface area (Å²) in [5.41, 5.74) is 10.8. The second-order valence-corrected chi connectivity index (χ2v) is 12.6. The molecule has 5 heterocycles. The molecule has 0 fully saturated rings. The van der Waals surface area contributed by atoms with Crippen LogP contribution in [0.25, 0.3) is 23.3 Å². The van der Waals surface area contributed by atoms with Crippen LogP contribution in [0.3, 0.4) is 0 Å². The molecule has 9 N–H and O–H groups in total. The number of anilines is 2.